The van der Waals surface area contributed by atoms with Gasteiger partial charge >= 0.3 is 0 Å². The van der Waals surface area contributed by atoms with Gasteiger partial charge in [0.1, 0.15) is 0 Å². The Bertz CT molecular complexity index is 199. The standard InChI is InChI=1S/C10H19ClN2/c1-9(6-11)7-13-5-4-12-10(2,3)8-13/h6,12H,4-5,7-8H2,1-3H3. The van der Waals surface area contributed by atoms with E-state index in [9.17, 15) is 0 Å². The number of nitrogens with one attached hydrogen (secondary N) is 1. The summed E-state index contributed by atoms with van der Waals surface area (Å²) >= 11 is 5.64. The molecular formula is C10H19ClN2. The molecule has 0 radical (unpaired) electrons. The number of nitrogens with zero attached hydrogens (tertiary/aromatic N) is 1. The predicted octanol–water partition coefficient (Wildman–Crippen LogP) is 1.81. The van der Waals surface area contributed by atoms with Crippen molar-refractivity contribution in [1.29, 1.82) is 0 Å². The highest BCUT2D eigenvalue weighted by Gasteiger charge is 2.25. The van der Waals surface area contributed by atoms with Crippen molar-refractivity contribution >= 4 is 11.6 Å². The van der Waals surface area contributed by atoms with E-state index in [0.29, 0.717) is 0 Å². The van der Waals surface area contributed by atoms with Gasteiger partial charge in [-0.25, -0.2) is 0 Å². The summed E-state index contributed by atoms with van der Waals surface area (Å²) in [6, 6.07) is 0. The Morgan fingerprint density at radius 1 is 1.62 bits per heavy atom. The second-order valence-electron chi connectivity index (χ2n) is 4.48. The molecule has 13 heavy (non-hydrogen) atoms. The lowest BCUT2D eigenvalue weighted by atomic mass is 10.0. The van der Waals surface area contributed by atoms with E-state index >= 15 is 0 Å². The van der Waals surface area contributed by atoms with Crippen molar-refractivity contribution in [1.82, 2.24) is 10.2 Å². The monoisotopic (exact) mass is 202 g/mol. The van der Waals surface area contributed by atoms with Crippen LogP contribution in [0.4, 0.5) is 0 Å². The molecule has 3 heteroatoms. The smallest absolute Gasteiger partial charge is 0.0252 e. The second-order valence-corrected chi connectivity index (χ2v) is 4.69. The summed E-state index contributed by atoms with van der Waals surface area (Å²) in [6.45, 7) is 10.8. The molecule has 0 unspecified atom stereocenters. The molecule has 1 N–H and O–H groups in total. The van der Waals surface area contributed by atoms with Gasteiger partial charge in [-0.05, 0) is 26.3 Å². The molecule has 0 bridgehead atoms. The number of hydrogen-bond donors (Lipinski definition) is 1. The zero-order valence-electron chi connectivity index (χ0n) is 8.73. The van der Waals surface area contributed by atoms with Crippen molar-refractivity contribution in [2.45, 2.75) is 26.3 Å². The molecule has 1 rings (SSSR count). The summed E-state index contributed by atoms with van der Waals surface area (Å²) in [5, 5.41) is 3.49. The van der Waals surface area contributed by atoms with Gasteiger partial charge < -0.3 is 5.32 Å². The molecule has 0 aromatic carbocycles. The number of rotatable bonds is 2. The lowest BCUT2D eigenvalue weighted by molar-refractivity contribution is 0.166. The molecular weight excluding hydrogens is 184 g/mol. The van der Waals surface area contributed by atoms with Crippen LogP contribution < -0.4 is 5.32 Å². The highest BCUT2D eigenvalue weighted by Crippen LogP contribution is 2.11. The largest absolute Gasteiger partial charge is 0.309 e. The number of piperazine rings is 1. The van der Waals surface area contributed by atoms with E-state index in [-0.39, 0.29) is 5.54 Å². The SMILES string of the molecule is CC(=CCl)CN1CCNC(C)(C)C1. The van der Waals surface area contributed by atoms with Crippen molar-refractivity contribution in [2.75, 3.05) is 26.2 Å². The van der Waals surface area contributed by atoms with Crippen molar-refractivity contribution in [3.8, 4) is 0 Å². The maximum Gasteiger partial charge on any atom is 0.0252 e. The van der Waals surface area contributed by atoms with Gasteiger partial charge in [0.15, 0.2) is 0 Å². The van der Waals surface area contributed by atoms with Crippen LogP contribution >= 0.6 is 11.6 Å². The average Bonchev–Trinajstić information content (AvgIpc) is 2.02. The van der Waals surface area contributed by atoms with E-state index in [4.69, 9.17) is 11.6 Å². The van der Waals surface area contributed by atoms with E-state index in [1.807, 2.05) is 0 Å². The minimum atomic E-state index is 0.241. The Hall–Kier alpha value is -0.0500. The molecule has 2 nitrogen and oxygen atoms in total. The lowest BCUT2D eigenvalue weighted by Crippen LogP contribution is -2.57. The van der Waals surface area contributed by atoms with E-state index in [1.165, 1.54) is 5.57 Å². The lowest BCUT2D eigenvalue weighted by Gasteiger charge is -2.39. The van der Waals surface area contributed by atoms with E-state index < -0.39 is 0 Å². The van der Waals surface area contributed by atoms with Crippen LogP contribution in [0.1, 0.15) is 20.8 Å². The maximum absolute atomic E-state index is 5.64. The van der Waals surface area contributed by atoms with Gasteiger partial charge in [0, 0.05) is 37.3 Å². The van der Waals surface area contributed by atoms with Crippen LogP contribution in [0.15, 0.2) is 11.1 Å². The topological polar surface area (TPSA) is 15.3 Å². The van der Waals surface area contributed by atoms with Crippen LogP contribution in [0.5, 0.6) is 0 Å². The number of halogens is 1. The van der Waals surface area contributed by atoms with E-state index in [2.05, 4.69) is 31.0 Å². The first-order valence-electron chi connectivity index (χ1n) is 4.77. The molecule has 0 spiro atoms. The maximum atomic E-state index is 5.64. The van der Waals surface area contributed by atoms with Crippen molar-refractivity contribution in [3.05, 3.63) is 11.1 Å². The summed E-state index contributed by atoms with van der Waals surface area (Å²) < 4.78 is 0. The molecule has 0 saturated carbocycles. The second kappa shape index (κ2) is 4.45. The summed E-state index contributed by atoms with van der Waals surface area (Å²) in [7, 11) is 0. The van der Waals surface area contributed by atoms with Crippen molar-refractivity contribution in [3.63, 3.8) is 0 Å². The molecule has 1 aliphatic rings. The number of hydrogen-bond acceptors (Lipinski definition) is 2. The summed E-state index contributed by atoms with van der Waals surface area (Å²) in [5.41, 5.74) is 3.15. The van der Waals surface area contributed by atoms with E-state index in [0.717, 1.165) is 26.2 Å². The van der Waals surface area contributed by atoms with Crippen molar-refractivity contribution < 1.29 is 0 Å². The minimum absolute atomic E-state index is 0.241. The molecule has 0 aromatic rings. The van der Waals surface area contributed by atoms with Gasteiger partial charge in [-0.1, -0.05) is 11.6 Å². The fourth-order valence-electron chi connectivity index (χ4n) is 1.77. The highest BCUT2D eigenvalue weighted by atomic mass is 35.5. The van der Waals surface area contributed by atoms with Crippen LogP contribution in [-0.4, -0.2) is 36.6 Å². The fourth-order valence-corrected chi connectivity index (χ4v) is 1.84. The van der Waals surface area contributed by atoms with Crippen LogP contribution in [-0.2, 0) is 0 Å². The molecule has 0 amide bonds. The van der Waals surface area contributed by atoms with Gasteiger partial charge in [0.05, 0.1) is 0 Å². The molecule has 1 aliphatic heterocycles. The first-order chi connectivity index (χ1) is 6.03. The van der Waals surface area contributed by atoms with Crippen molar-refractivity contribution in [2.24, 2.45) is 0 Å². The fraction of sp³-hybridized carbons (Fsp3) is 0.800. The van der Waals surface area contributed by atoms with Gasteiger partial charge in [-0.2, -0.15) is 0 Å². The van der Waals surface area contributed by atoms with Crippen LogP contribution in [0.2, 0.25) is 0 Å². The van der Waals surface area contributed by atoms with Crippen LogP contribution in [0.25, 0.3) is 0 Å². The Morgan fingerprint density at radius 3 is 2.85 bits per heavy atom. The normalized spacial score (nSPS) is 24.8. The zero-order valence-corrected chi connectivity index (χ0v) is 9.49. The van der Waals surface area contributed by atoms with Gasteiger partial charge in [0.2, 0.25) is 0 Å². The first kappa shape index (κ1) is 11.0. The van der Waals surface area contributed by atoms with Gasteiger partial charge in [-0.3, -0.25) is 4.90 Å². The molecule has 0 aliphatic carbocycles. The predicted molar refractivity (Wildman–Crippen MR) is 58.1 cm³/mol. The molecule has 1 fully saturated rings. The minimum Gasteiger partial charge on any atom is -0.309 e. The molecule has 0 atom stereocenters. The highest BCUT2D eigenvalue weighted by molar-refractivity contribution is 6.25. The molecule has 0 aromatic heterocycles. The zero-order chi connectivity index (χ0) is 9.90. The Labute approximate surface area is 85.9 Å². The molecule has 1 heterocycles. The summed E-state index contributed by atoms with van der Waals surface area (Å²) in [6.07, 6.45) is 0. The quantitative estimate of drug-likeness (QED) is 0.735. The first-order valence-corrected chi connectivity index (χ1v) is 5.20. The van der Waals surface area contributed by atoms with Crippen LogP contribution in [0, 0.1) is 0 Å². The Morgan fingerprint density at radius 2 is 2.31 bits per heavy atom. The van der Waals surface area contributed by atoms with Gasteiger partial charge in [0.25, 0.3) is 0 Å². The summed E-state index contributed by atoms with van der Waals surface area (Å²) in [5.74, 6) is 0. The van der Waals surface area contributed by atoms with Crippen LogP contribution in [0.3, 0.4) is 0 Å². The van der Waals surface area contributed by atoms with E-state index in [1.54, 1.807) is 5.54 Å². The third-order valence-electron chi connectivity index (χ3n) is 2.31. The third kappa shape index (κ3) is 3.67. The molecule has 1 saturated heterocycles. The average molecular weight is 203 g/mol. The third-order valence-corrected chi connectivity index (χ3v) is 2.68. The Kier molecular flexibility index (Phi) is 3.77. The van der Waals surface area contributed by atoms with Gasteiger partial charge in [-0.15, -0.1) is 0 Å². The summed E-state index contributed by atoms with van der Waals surface area (Å²) in [4.78, 5) is 2.44. The Balaban J connectivity index is 2.43. The molecule has 76 valence electrons.